The van der Waals surface area contributed by atoms with Gasteiger partial charge in [-0.2, -0.15) is 0 Å². The number of hydrogen-bond acceptors (Lipinski definition) is 3. The first kappa shape index (κ1) is 13.3. The number of carbonyl (C=O) groups excluding carboxylic acids is 2. The van der Waals surface area contributed by atoms with E-state index in [-0.39, 0.29) is 24.4 Å². The molecule has 0 aromatic heterocycles. The number of amides is 2. The van der Waals surface area contributed by atoms with Crippen molar-refractivity contribution in [3.05, 3.63) is 0 Å². The summed E-state index contributed by atoms with van der Waals surface area (Å²) < 4.78 is 0. The normalized spacial score (nSPS) is 26.1. The Balaban J connectivity index is 1.90. The molecule has 1 atom stereocenters. The number of carbonyl (C=O) groups is 2. The number of hydrogen-bond donors (Lipinski definition) is 1. The van der Waals surface area contributed by atoms with Gasteiger partial charge in [-0.25, -0.2) is 0 Å². The predicted molar refractivity (Wildman–Crippen MR) is 69.1 cm³/mol. The number of nitrogens with one attached hydrogen (secondary N) is 1. The Bertz CT molecular complexity index is 313. The Morgan fingerprint density at radius 3 is 2.67 bits per heavy atom. The summed E-state index contributed by atoms with van der Waals surface area (Å²) in [7, 11) is 0. The molecule has 2 aliphatic rings. The van der Waals surface area contributed by atoms with Crippen LogP contribution in [0, 0.1) is 0 Å². The van der Waals surface area contributed by atoms with Crippen LogP contribution in [0.2, 0.25) is 0 Å². The molecule has 102 valence electrons. The van der Waals surface area contributed by atoms with Gasteiger partial charge in [0.25, 0.3) is 0 Å². The van der Waals surface area contributed by atoms with E-state index in [1.165, 1.54) is 6.42 Å². The quantitative estimate of drug-likeness (QED) is 0.765. The van der Waals surface area contributed by atoms with Crippen molar-refractivity contribution in [2.24, 2.45) is 0 Å². The van der Waals surface area contributed by atoms with Crippen LogP contribution in [-0.4, -0.2) is 60.4 Å². The molecular formula is C13H23N3O2. The lowest BCUT2D eigenvalue weighted by Gasteiger charge is -2.30. The largest absolute Gasteiger partial charge is 0.341 e. The highest BCUT2D eigenvalue weighted by Gasteiger charge is 2.26. The molecule has 5 nitrogen and oxygen atoms in total. The molecule has 2 rings (SSSR count). The predicted octanol–water partition coefficient (Wildman–Crippen LogP) is 0.209. The fourth-order valence-corrected chi connectivity index (χ4v) is 2.62. The molecule has 0 bridgehead atoms. The van der Waals surface area contributed by atoms with Gasteiger partial charge in [-0.05, 0) is 39.2 Å². The molecule has 2 saturated heterocycles. The zero-order chi connectivity index (χ0) is 13.0. The van der Waals surface area contributed by atoms with E-state index in [0.717, 1.165) is 38.9 Å². The van der Waals surface area contributed by atoms with E-state index in [1.54, 1.807) is 4.90 Å². The van der Waals surface area contributed by atoms with Crippen LogP contribution in [0.5, 0.6) is 0 Å². The second-order valence-electron chi connectivity index (χ2n) is 5.23. The third kappa shape index (κ3) is 3.22. The molecule has 1 N–H and O–H groups in total. The molecule has 0 saturated carbocycles. The van der Waals surface area contributed by atoms with E-state index >= 15 is 0 Å². The highest BCUT2D eigenvalue weighted by molar-refractivity contribution is 5.87. The van der Waals surface area contributed by atoms with E-state index in [1.807, 2.05) is 11.8 Å². The zero-order valence-electron chi connectivity index (χ0n) is 11.2. The maximum atomic E-state index is 12.1. The Kier molecular flexibility index (Phi) is 4.58. The van der Waals surface area contributed by atoms with Gasteiger partial charge in [0.1, 0.15) is 0 Å². The average molecular weight is 253 g/mol. The van der Waals surface area contributed by atoms with E-state index in [9.17, 15) is 9.59 Å². The van der Waals surface area contributed by atoms with E-state index < -0.39 is 0 Å². The maximum Gasteiger partial charge on any atom is 0.242 e. The molecule has 0 aromatic rings. The Morgan fingerprint density at radius 1 is 1.22 bits per heavy atom. The summed E-state index contributed by atoms with van der Waals surface area (Å²) in [6.07, 6.45) is 4.33. The van der Waals surface area contributed by atoms with Crippen molar-refractivity contribution in [3.8, 4) is 0 Å². The summed E-state index contributed by atoms with van der Waals surface area (Å²) >= 11 is 0. The van der Waals surface area contributed by atoms with Gasteiger partial charge < -0.3 is 15.1 Å². The van der Waals surface area contributed by atoms with E-state index in [4.69, 9.17) is 0 Å². The molecule has 2 amide bonds. The van der Waals surface area contributed by atoms with Crippen molar-refractivity contribution in [2.45, 2.75) is 38.6 Å². The minimum Gasteiger partial charge on any atom is -0.341 e. The number of nitrogens with zero attached hydrogens (tertiary/aromatic N) is 2. The van der Waals surface area contributed by atoms with E-state index in [2.05, 4.69) is 5.32 Å². The lowest BCUT2D eigenvalue weighted by molar-refractivity contribution is -0.141. The van der Waals surface area contributed by atoms with Crippen molar-refractivity contribution in [3.63, 3.8) is 0 Å². The highest BCUT2D eigenvalue weighted by Crippen LogP contribution is 2.10. The first-order valence-electron chi connectivity index (χ1n) is 6.98. The average Bonchev–Trinajstić information content (AvgIpc) is 2.55. The summed E-state index contributed by atoms with van der Waals surface area (Å²) in [5, 5.41) is 3.16. The fraction of sp³-hybridized carbons (Fsp3) is 0.846. The summed E-state index contributed by atoms with van der Waals surface area (Å²) in [6, 6.07) is -0.165. The van der Waals surface area contributed by atoms with Gasteiger partial charge in [-0.15, -0.1) is 0 Å². The number of likely N-dealkylation sites (tertiary alicyclic amines) is 1. The zero-order valence-corrected chi connectivity index (χ0v) is 11.2. The van der Waals surface area contributed by atoms with Crippen molar-refractivity contribution in [1.82, 2.24) is 15.1 Å². The summed E-state index contributed by atoms with van der Waals surface area (Å²) in [6.45, 7) is 5.37. The van der Waals surface area contributed by atoms with Gasteiger partial charge in [0.15, 0.2) is 0 Å². The summed E-state index contributed by atoms with van der Waals surface area (Å²) in [4.78, 5) is 27.8. The van der Waals surface area contributed by atoms with Crippen molar-refractivity contribution in [1.29, 1.82) is 0 Å². The van der Waals surface area contributed by atoms with Gasteiger partial charge in [-0.3, -0.25) is 9.59 Å². The van der Waals surface area contributed by atoms with Crippen LogP contribution >= 0.6 is 0 Å². The fourth-order valence-electron chi connectivity index (χ4n) is 2.62. The van der Waals surface area contributed by atoms with Crippen LogP contribution in [0.25, 0.3) is 0 Å². The topological polar surface area (TPSA) is 52.7 Å². The smallest absolute Gasteiger partial charge is 0.242 e. The molecule has 1 unspecified atom stereocenters. The second kappa shape index (κ2) is 6.18. The van der Waals surface area contributed by atoms with Gasteiger partial charge in [0.2, 0.25) is 11.8 Å². The SMILES string of the molecule is CC1NCCCN(CC(=O)N2CCCCC2)C1=O. The molecule has 2 heterocycles. The van der Waals surface area contributed by atoms with Gasteiger partial charge in [-0.1, -0.05) is 0 Å². The van der Waals surface area contributed by atoms with Gasteiger partial charge in [0, 0.05) is 19.6 Å². The van der Waals surface area contributed by atoms with Crippen LogP contribution < -0.4 is 5.32 Å². The van der Waals surface area contributed by atoms with Gasteiger partial charge >= 0.3 is 0 Å². The molecule has 2 aliphatic heterocycles. The molecular weight excluding hydrogens is 230 g/mol. The van der Waals surface area contributed by atoms with Crippen LogP contribution in [0.15, 0.2) is 0 Å². The van der Waals surface area contributed by atoms with Crippen molar-refractivity contribution in [2.75, 3.05) is 32.7 Å². The first-order chi connectivity index (χ1) is 8.68. The highest BCUT2D eigenvalue weighted by atomic mass is 16.2. The molecule has 0 radical (unpaired) electrons. The Morgan fingerprint density at radius 2 is 1.94 bits per heavy atom. The maximum absolute atomic E-state index is 12.1. The van der Waals surface area contributed by atoms with Crippen LogP contribution in [-0.2, 0) is 9.59 Å². The summed E-state index contributed by atoms with van der Waals surface area (Å²) in [5.74, 6) is 0.162. The van der Waals surface area contributed by atoms with Gasteiger partial charge in [0.05, 0.1) is 12.6 Å². The molecule has 2 fully saturated rings. The minimum absolute atomic E-state index is 0.0536. The lowest BCUT2D eigenvalue weighted by atomic mass is 10.1. The Labute approximate surface area is 108 Å². The van der Waals surface area contributed by atoms with Crippen molar-refractivity contribution >= 4 is 11.8 Å². The summed E-state index contributed by atoms with van der Waals surface area (Å²) in [5.41, 5.74) is 0. The number of piperidine rings is 1. The van der Waals surface area contributed by atoms with Crippen molar-refractivity contribution < 1.29 is 9.59 Å². The molecule has 18 heavy (non-hydrogen) atoms. The lowest BCUT2D eigenvalue weighted by Crippen LogP contribution is -2.48. The van der Waals surface area contributed by atoms with Crippen LogP contribution in [0.3, 0.4) is 0 Å². The second-order valence-corrected chi connectivity index (χ2v) is 5.23. The monoisotopic (exact) mass is 253 g/mol. The molecule has 0 aromatic carbocycles. The third-order valence-corrected chi connectivity index (χ3v) is 3.77. The number of rotatable bonds is 2. The molecule has 0 spiro atoms. The Hall–Kier alpha value is -1.10. The van der Waals surface area contributed by atoms with E-state index in [0.29, 0.717) is 6.54 Å². The first-order valence-corrected chi connectivity index (χ1v) is 6.98. The third-order valence-electron chi connectivity index (χ3n) is 3.77. The minimum atomic E-state index is -0.165. The molecule has 5 heteroatoms. The van der Waals surface area contributed by atoms with Crippen LogP contribution in [0.1, 0.15) is 32.6 Å². The standard InChI is InChI=1S/C13H23N3O2/c1-11-13(18)16(9-5-6-14-11)10-12(17)15-7-3-2-4-8-15/h11,14H,2-10H2,1H3. The molecule has 0 aliphatic carbocycles. The van der Waals surface area contributed by atoms with Crippen LogP contribution in [0.4, 0.5) is 0 Å².